The Balaban J connectivity index is 1.73. The number of benzene rings is 3. The number of para-hydroxylation sites is 1. The van der Waals surface area contributed by atoms with Crippen molar-refractivity contribution in [2.45, 2.75) is 26.9 Å². The average molecular weight is 453 g/mol. The van der Waals surface area contributed by atoms with Gasteiger partial charge >= 0.3 is 0 Å². The lowest BCUT2D eigenvalue weighted by Gasteiger charge is -2.23. The first kappa shape index (κ1) is 23.3. The number of carbonyl (C=O) groups excluding carboxylic acids is 1. The van der Waals surface area contributed by atoms with Crippen LogP contribution in [0.4, 0.5) is 5.69 Å². The van der Waals surface area contributed by atoms with Crippen LogP contribution in [0.1, 0.15) is 32.6 Å². The van der Waals surface area contributed by atoms with Crippen molar-refractivity contribution in [1.29, 1.82) is 0 Å². The minimum atomic E-state index is -3.48. The third-order valence-electron chi connectivity index (χ3n) is 5.07. The van der Waals surface area contributed by atoms with E-state index < -0.39 is 10.0 Å². The van der Waals surface area contributed by atoms with Crippen LogP contribution in [0.15, 0.2) is 66.7 Å². The molecule has 1 N–H and O–H groups in total. The van der Waals surface area contributed by atoms with Crippen LogP contribution >= 0.6 is 0 Å². The summed E-state index contributed by atoms with van der Waals surface area (Å²) in [6.07, 6.45) is 1.20. The molecule has 0 saturated heterocycles. The molecule has 6 nitrogen and oxygen atoms in total. The predicted molar refractivity (Wildman–Crippen MR) is 128 cm³/mol. The zero-order chi connectivity index (χ0) is 23.3. The molecule has 3 rings (SSSR count). The van der Waals surface area contributed by atoms with E-state index in [4.69, 9.17) is 4.74 Å². The number of carbonyl (C=O) groups is 1. The quantitative estimate of drug-likeness (QED) is 0.556. The first-order valence-electron chi connectivity index (χ1n) is 10.2. The highest BCUT2D eigenvalue weighted by atomic mass is 32.2. The molecule has 0 aromatic heterocycles. The van der Waals surface area contributed by atoms with Crippen LogP contribution in [-0.2, 0) is 23.1 Å². The van der Waals surface area contributed by atoms with Gasteiger partial charge in [0.05, 0.1) is 25.6 Å². The summed E-state index contributed by atoms with van der Waals surface area (Å²) in [5.41, 5.74) is 4.80. The van der Waals surface area contributed by atoms with Gasteiger partial charge < -0.3 is 10.1 Å². The van der Waals surface area contributed by atoms with Gasteiger partial charge in [-0.05, 0) is 60.9 Å². The summed E-state index contributed by atoms with van der Waals surface area (Å²) in [6, 6.07) is 20.2. The SMILES string of the molecule is COc1ccccc1CNC(=O)c1ccc(CN(c2cc(C)cc(C)c2)S(C)(=O)=O)cc1. The fraction of sp³-hybridized carbons (Fsp3) is 0.240. The minimum Gasteiger partial charge on any atom is -0.496 e. The van der Waals surface area contributed by atoms with Gasteiger partial charge in [0.1, 0.15) is 5.75 Å². The van der Waals surface area contributed by atoms with Crippen molar-refractivity contribution < 1.29 is 17.9 Å². The lowest BCUT2D eigenvalue weighted by atomic mass is 10.1. The van der Waals surface area contributed by atoms with Crippen LogP contribution in [0.5, 0.6) is 5.75 Å². The highest BCUT2D eigenvalue weighted by molar-refractivity contribution is 7.92. The molecular formula is C25H28N2O4S. The Hall–Kier alpha value is -3.32. The summed E-state index contributed by atoms with van der Waals surface area (Å²) in [6.45, 7) is 4.41. The van der Waals surface area contributed by atoms with E-state index in [-0.39, 0.29) is 12.5 Å². The van der Waals surface area contributed by atoms with Crippen LogP contribution in [0, 0.1) is 13.8 Å². The van der Waals surface area contributed by atoms with Crippen molar-refractivity contribution in [3.8, 4) is 5.75 Å². The highest BCUT2D eigenvalue weighted by Gasteiger charge is 2.19. The molecule has 0 aliphatic rings. The second-order valence-corrected chi connectivity index (χ2v) is 9.71. The topological polar surface area (TPSA) is 75.7 Å². The molecule has 0 bridgehead atoms. The Labute approximate surface area is 189 Å². The van der Waals surface area contributed by atoms with Crippen LogP contribution < -0.4 is 14.4 Å². The van der Waals surface area contributed by atoms with Crippen molar-refractivity contribution in [2.75, 3.05) is 17.7 Å². The van der Waals surface area contributed by atoms with Gasteiger partial charge in [-0.1, -0.05) is 36.4 Å². The summed E-state index contributed by atoms with van der Waals surface area (Å²) in [5, 5.41) is 2.89. The van der Waals surface area contributed by atoms with Gasteiger partial charge in [-0.2, -0.15) is 0 Å². The van der Waals surface area contributed by atoms with E-state index in [9.17, 15) is 13.2 Å². The van der Waals surface area contributed by atoms with Gasteiger partial charge in [0.25, 0.3) is 5.91 Å². The van der Waals surface area contributed by atoms with Crippen LogP contribution in [-0.4, -0.2) is 27.7 Å². The normalized spacial score (nSPS) is 11.1. The van der Waals surface area contributed by atoms with Crippen molar-refractivity contribution in [3.05, 3.63) is 94.5 Å². The molecule has 0 atom stereocenters. The third kappa shape index (κ3) is 5.88. The summed E-state index contributed by atoms with van der Waals surface area (Å²) in [7, 11) is -1.89. The van der Waals surface area contributed by atoms with Gasteiger partial charge in [-0.25, -0.2) is 8.42 Å². The first-order chi connectivity index (χ1) is 15.2. The molecule has 7 heteroatoms. The van der Waals surface area contributed by atoms with Crippen molar-refractivity contribution in [1.82, 2.24) is 5.32 Å². The summed E-state index contributed by atoms with van der Waals surface area (Å²) >= 11 is 0. The molecule has 0 radical (unpaired) electrons. The number of nitrogens with one attached hydrogen (secondary N) is 1. The Morgan fingerprint density at radius 3 is 2.19 bits per heavy atom. The lowest BCUT2D eigenvalue weighted by molar-refractivity contribution is 0.0950. The molecule has 0 saturated carbocycles. The second-order valence-electron chi connectivity index (χ2n) is 7.81. The van der Waals surface area contributed by atoms with Crippen LogP contribution in [0.3, 0.4) is 0 Å². The zero-order valence-corrected chi connectivity index (χ0v) is 19.6. The number of aryl methyl sites for hydroxylation is 2. The summed E-state index contributed by atoms with van der Waals surface area (Å²) in [4.78, 5) is 12.5. The predicted octanol–water partition coefficient (Wildman–Crippen LogP) is 4.21. The minimum absolute atomic E-state index is 0.185. The number of hydrogen-bond acceptors (Lipinski definition) is 4. The monoisotopic (exact) mass is 452 g/mol. The number of anilines is 1. The van der Waals surface area contributed by atoms with Gasteiger partial charge in [0, 0.05) is 17.7 Å². The number of methoxy groups -OCH3 is 1. The average Bonchev–Trinajstić information content (AvgIpc) is 2.75. The molecule has 0 spiro atoms. The van der Waals surface area contributed by atoms with Crippen LogP contribution in [0.25, 0.3) is 0 Å². The van der Waals surface area contributed by atoms with Crippen molar-refractivity contribution in [3.63, 3.8) is 0 Å². The first-order valence-corrected chi connectivity index (χ1v) is 12.1. The number of sulfonamides is 1. The maximum absolute atomic E-state index is 12.5. The largest absolute Gasteiger partial charge is 0.496 e. The van der Waals surface area contributed by atoms with E-state index in [1.54, 1.807) is 31.4 Å². The Kier molecular flexibility index (Phi) is 7.20. The number of ether oxygens (including phenoxy) is 1. The van der Waals surface area contributed by atoms with E-state index in [1.807, 2.05) is 56.3 Å². The van der Waals surface area contributed by atoms with Gasteiger partial charge in [-0.15, -0.1) is 0 Å². The smallest absolute Gasteiger partial charge is 0.251 e. The number of rotatable bonds is 8. The Morgan fingerprint density at radius 2 is 1.59 bits per heavy atom. The van der Waals surface area contributed by atoms with Gasteiger partial charge in [0.2, 0.25) is 10.0 Å². The molecule has 0 unspecified atom stereocenters. The second kappa shape index (κ2) is 9.87. The van der Waals surface area contributed by atoms with Gasteiger partial charge in [-0.3, -0.25) is 9.10 Å². The number of nitrogens with zero attached hydrogens (tertiary/aromatic N) is 1. The third-order valence-corrected chi connectivity index (χ3v) is 6.21. The standard InChI is InChI=1S/C25H28N2O4S/c1-18-13-19(2)15-23(14-18)27(32(4,29)30)17-20-9-11-21(12-10-20)25(28)26-16-22-7-5-6-8-24(22)31-3/h5-15H,16-17H2,1-4H3,(H,26,28). The fourth-order valence-electron chi connectivity index (χ4n) is 3.55. The van der Waals surface area contributed by atoms with Gasteiger partial charge in [0.15, 0.2) is 0 Å². The van der Waals surface area contributed by atoms with E-state index >= 15 is 0 Å². The molecule has 32 heavy (non-hydrogen) atoms. The molecule has 0 aliphatic carbocycles. The van der Waals surface area contributed by atoms with Crippen molar-refractivity contribution >= 4 is 21.6 Å². The highest BCUT2D eigenvalue weighted by Crippen LogP contribution is 2.24. The molecular weight excluding hydrogens is 424 g/mol. The van der Waals surface area contributed by atoms with E-state index in [2.05, 4.69) is 5.32 Å². The zero-order valence-electron chi connectivity index (χ0n) is 18.8. The molecule has 1 amide bonds. The summed E-state index contributed by atoms with van der Waals surface area (Å²) < 4.78 is 31.6. The van der Waals surface area contributed by atoms with E-state index in [0.717, 1.165) is 28.0 Å². The maximum atomic E-state index is 12.5. The lowest BCUT2D eigenvalue weighted by Crippen LogP contribution is -2.29. The van der Waals surface area contributed by atoms with Crippen LogP contribution in [0.2, 0.25) is 0 Å². The van der Waals surface area contributed by atoms with E-state index in [1.165, 1.54) is 10.6 Å². The van der Waals surface area contributed by atoms with E-state index in [0.29, 0.717) is 17.8 Å². The molecule has 3 aromatic rings. The molecule has 3 aromatic carbocycles. The van der Waals surface area contributed by atoms with Crippen molar-refractivity contribution in [2.24, 2.45) is 0 Å². The molecule has 168 valence electrons. The Bertz CT molecular complexity index is 1180. The number of hydrogen-bond donors (Lipinski definition) is 1. The molecule has 0 heterocycles. The molecule has 0 aliphatic heterocycles. The Morgan fingerprint density at radius 1 is 0.969 bits per heavy atom. The molecule has 0 fully saturated rings. The fourth-order valence-corrected chi connectivity index (χ4v) is 4.42. The maximum Gasteiger partial charge on any atom is 0.251 e. The summed E-state index contributed by atoms with van der Waals surface area (Å²) in [5.74, 6) is 0.507. The number of amides is 1.